The van der Waals surface area contributed by atoms with E-state index in [1.54, 1.807) is 83.8 Å². The molecule has 1 atom stereocenters. The van der Waals surface area contributed by atoms with Gasteiger partial charge in [0.05, 0.1) is 19.2 Å². The predicted octanol–water partition coefficient (Wildman–Crippen LogP) is 7.97. The minimum Gasteiger partial charge on any atom is -0.465 e. The lowest BCUT2D eigenvalue weighted by Gasteiger charge is -2.25. The molecule has 0 aliphatic carbocycles. The molecular formula is C41H35ClN4O6S2. The molecule has 0 saturated carbocycles. The number of fused-ring (bicyclic) bond motifs is 1. The fraction of sp³-hybridized carbons (Fsp3) is 0.146. The van der Waals surface area contributed by atoms with Crippen molar-refractivity contribution in [1.82, 2.24) is 10.2 Å². The van der Waals surface area contributed by atoms with Crippen LogP contribution in [0.3, 0.4) is 0 Å². The number of nitrogens with zero attached hydrogens (tertiary/aromatic N) is 1. The van der Waals surface area contributed by atoms with E-state index in [0.29, 0.717) is 56.8 Å². The van der Waals surface area contributed by atoms with E-state index in [1.807, 2.05) is 36.4 Å². The Hall–Kier alpha value is -5.69. The molecule has 5 aromatic rings. The summed E-state index contributed by atoms with van der Waals surface area (Å²) in [6.45, 7) is 2.31. The van der Waals surface area contributed by atoms with Gasteiger partial charge in [-0.05, 0) is 71.7 Å². The Labute approximate surface area is 325 Å². The molecule has 274 valence electrons. The first kappa shape index (κ1) is 38.0. The third-order valence-electron chi connectivity index (χ3n) is 8.52. The molecule has 1 aliphatic rings. The number of nitrogens with one attached hydrogen (secondary N) is 3. The third kappa shape index (κ3) is 9.26. The van der Waals surface area contributed by atoms with Crippen molar-refractivity contribution in [2.75, 3.05) is 24.3 Å². The number of hydrogen-bond acceptors (Lipinski definition) is 8. The number of methoxy groups -OCH3 is 1. The topological polar surface area (TPSA) is 134 Å². The number of carbonyl (C=O) groups excluding carboxylic acids is 5. The monoisotopic (exact) mass is 778 g/mol. The van der Waals surface area contributed by atoms with Crippen molar-refractivity contribution in [2.45, 2.75) is 30.0 Å². The first-order valence-corrected chi connectivity index (χ1v) is 18.9. The molecule has 54 heavy (non-hydrogen) atoms. The van der Waals surface area contributed by atoms with Gasteiger partial charge in [-0.25, -0.2) is 4.79 Å². The minimum absolute atomic E-state index is 0.0113. The van der Waals surface area contributed by atoms with Gasteiger partial charge in [0, 0.05) is 39.5 Å². The number of hydrogen-bond donors (Lipinski definition) is 3. The van der Waals surface area contributed by atoms with Gasteiger partial charge in [0.25, 0.3) is 11.8 Å². The lowest BCUT2D eigenvalue weighted by atomic mass is 10.0. The number of anilines is 2. The zero-order valence-electron chi connectivity index (χ0n) is 29.3. The number of thioether (sulfide) groups is 1. The SMILES string of the molecule is COC(=O)c1c(NC(=O)C(Sc2cccc(NC(=O)/C(=C/c3ccc(Cl)cc3)NC(=O)c3ccccc3)c2)c2ccccc2)sc2c1CCN(C(C)=O)C2. The molecule has 0 radical (unpaired) electrons. The fourth-order valence-corrected chi connectivity index (χ4v) is 8.27. The summed E-state index contributed by atoms with van der Waals surface area (Å²) in [5.74, 6) is -2.01. The number of halogens is 1. The summed E-state index contributed by atoms with van der Waals surface area (Å²) in [5, 5.41) is 8.74. The van der Waals surface area contributed by atoms with Crippen LogP contribution in [0.4, 0.5) is 10.7 Å². The molecule has 4 aromatic carbocycles. The molecule has 2 heterocycles. The van der Waals surface area contributed by atoms with Crippen LogP contribution in [0.5, 0.6) is 0 Å². The Morgan fingerprint density at radius 3 is 2.28 bits per heavy atom. The maximum Gasteiger partial charge on any atom is 0.341 e. The molecule has 1 aromatic heterocycles. The van der Waals surface area contributed by atoms with E-state index in [9.17, 15) is 24.0 Å². The molecule has 3 N–H and O–H groups in total. The van der Waals surface area contributed by atoms with Gasteiger partial charge in [0.1, 0.15) is 15.9 Å². The first-order valence-electron chi connectivity index (χ1n) is 16.9. The van der Waals surface area contributed by atoms with Crippen molar-refractivity contribution in [3.8, 4) is 0 Å². The molecule has 0 saturated heterocycles. The van der Waals surface area contributed by atoms with Crippen LogP contribution in [0.2, 0.25) is 5.02 Å². The van der Waals surface area contributed by atoms with Crippen LogP contribution < -0.4 is 16.0 Å². The number of carbonyl (C=O) groups is 5. The van der Waals surface area contributed by atoms with E-state index in [4.69, 9.17) is 16.3 Å². The van der Waals surface area contributed by atoms with Gasteiger partial charge in [-0.1, -0.05) is 78.3 Å². The van der Waals surface area contributed by atoms with E-state index in [0.717, 1.165) is 16.0 Å². The lowest BCUT2D eigenvalue weighted by molar-refractivity contribution is -0.129. The van der Waals surface area contributed by atoms with Crippen molar-refractivity contribution >= 4 is 81.1 Å². The van der Waals surface area contributed by atoms with Crippen LogP contribution >= 0.6 is 34.7 Å². The molecule has 0 fully saturated rings. The van der Waals surface area contributed by atoms with Crippen molar-refractivity contribution in [3.05, 3.63) is 153 Å². The number of benzene rings is 4. The summed E-state index contributed by atoms with van der Waals surface area (Å²) < 4.78 is 5.10. The van der Waals surface area contributed by atoms with Crippen LogP contribution in [0.1, 0.15) is 54.5 Å². The first-order chi connectivity index (χ1) is 26.1. The number of esters is 1. The standard InChI is InChI=1S/C41H35ClN4O6S2/c1-25(47)46-21-20-32-34(24-46)54-40(35(32)41(51)52-2)45-39(50)36(27-10-5-3-6-11-27)53-31-15-9-14-30(23-31)43-38(49)33(22-26-16-18-29(42)19-17-26)44-37(48)28-12-7-4-8-13-28/h3-19,22-23,36H,20-21,24H2,1-2H3,(H,43,49)(H,44,48)(H,45,50)/b33-22-. The molecule has 0 bridgehead atoms. The van der Waals surface area contributed by atoms with Crippen LogP contribution in [0, 0.1) is 0 Å². The Kier molecular flexibility index (Phi) is 12.3. The highest BCUT2D eigenvalue weighted by Crippen LogP contribution is 2.41. The van der Waals surface area contributed by atoms with E-state index < -0.39 is 23.0 Å². The molecular weight excluding hydrogens is 744 g/mol. The maximum atomic E-state index is 14.2. The fourth-order valence-electron chi connectivity index (χ4n) is 5.81. The number of ether oxygens (including phenoxy) is 1. The molecule has 1 unspecified atom stereocenters. The van der Waals surface area contributed by atoms with Crippen LogP contribution in [0.25, 0.3) is 6.08 Å². The Morgan fingerprint density at radius 1 is 0.889 bits per heavy atom. The second kappa shape index (κ2) is 17.4. The average molecular weight is 779 g/mol. The molecule has 0 spiro atoms. The van der Waals surface area contributed by atoms with Gasteiger partial charge in [-0.3, -0.25) is 19.2 Å². The highest BCUT2D eigenvalue weighted by Gasteiger charge is 2.32. The molecule has 10 nitrogen and oxygen atoms in total. The van der Waals surface area contributed by atoms with Gasteiger partial charge in [0.15, 0.2) is 0 Å². The third-order valence-corrected chi connectivity index (χ3v) is 11.2. The number of thiophene rings is 1. The van der Waals surface area contributed by atoms with Crippen LogP contribution in [-0.4, -0.2) is 48.2 Å². The van der Waals surface area contributed by atoms with Crippen molar-refractivity contribution in [2.24, 2.45) is 0 Å². The lowest BCUT2D eigenvalue weighted by Crippen LogP contribution is -2.33. The predicted molar refractivity (Wildman–Crippen MR) is 213 cm³/mol. The highest BCUT2D eigenvalue weighted by molar-refractivity contribution is 8.00. The van der Waals surface area contributed by atoms with E-state index >= 15 is 0 Å². The normalized spacial score (nSPS) is 12.9. The second-order valence-electron chi connectivity index (χ2n) is 12.2. The summed E-state index contributed by atoms with van der Waals surface area (Å²) in [6.07, 6.45) is 2.02. The second-order valence-corrected chi connectivity index (χ2v) is 14.9. The van der Waals surface area contributed by atoms with Gasteiger partial charge in [-0.2, -0.15) is 0 Å². The summed E-state index contributed by atoms with van der Waals surface area (Å²) in [5.41, 5.74) is 3.27. The average Bonchev–Trinajstić information content (AvgIpc) is 3.54. The number of amides is 4. The van der Waals surface area contributed by atoms with Gasteiger partial charge in [0.2, 0.25) is 11.8 Å². The van der Waals surface area contributed by atoms with E-state index in [2.05, 4.69) is 16.0 Å². The quantitative estimate of drug-likeness (QED) is 0.0704. The Bertz CT molecular complexity index is 2230. The number of rotatable bonds is 11. The van der Waals surface area contributed by atoms with Gasteiger partial charge in [-0.15, -0.1) is 23.1 Å². The summed E-state index contributed by atoms with van der Waals surface area (Å²) in [6, 6.07) is 31.7. The smallest absolute Gasteiger partial charge is 0.341 e. The van der Waals surface area contributed by atoms with Crippen molar-refractivity contribution in [1.29, 1.82) is 0 Å². The van der Waals surface area contributed by atoms with Crippen molar-refractivity contribution in [3.63, 3.8) is 0 Å². The zero-order chi connectivity index (χ0) is 38.2. The summed E-state index contributed by atoms with van der Waals surface area (Å²) in [4.78, 5) is 69.3. The molecule has 1 aliphatic heterocycles. The van der Waals surface area contributed by atoms with E-state index in [1.165, 1.54) is 37.1 Å². The maximum absolute atomic E-state index is 14.2. The van der Waals surface area contributed by atoms with Crippen LogP contribution in [0.15, 0.2) is 120 Å². The summed E-state index contributed by atoms with van der Waals surface area (Å²) in [7, 11) is 1.30. The van der Waals surface area contributed by atoms with Gasteiger partial charge >= 0.3 is 5.97 Å². The summed E-state index contributed by atoms with van der Waals surface area (Å²) >= 11 is 8.60. The highest BCUT2D eigenvalue weighted by atomic mass is 35.5. The molecule has 6 rings (SSSR count). The Balaban J connectivity index is 1.25. The van der Waals surface area contributed by atoms with Gasteiger partial charge < -0.3 is 25.6 Å². The molecule has 13 heteroatoms. The zero-order valence-corrected chi connectivity index (χ0v) is 31.6. The van der Waals surface area contributed by atoms with Crippen LogP contribution in [-0.2, 0) is 32.1 Å². The minimum atomic E-state index is -0.763. The Morgan fingerprint density at radius 2 is 1.59 bits per heavy atom. The van der Waals surface area contributed by atoms with Crippen molar-refractivity contribution < 1.29 is 28.7 Å². The largest absolute Gasteiger partial charge is 0.465 e. The van der Waals surface area contributed by atoms with E-state index in [-0.39, 0.29) is 17.5 Å². The molecule has 4 amide bonds.